The van der Waals surface area contributed by atoms with Crippen LogP contribution in [-0.2, 0) is 9.53 Å². The van der Waals surface area contributed by atoms with Crippen LogP contribution in [0.3, 0.4) is 0 Å². The van der Waals surface area contributed by atoms with Crippen molar-refractivity contribution < 1.29 is 23.4 Å². The minimum Gasteiger partial charge on any atom is -0.469 e. The third-order valence-corrected chi connectivity index (χ3v) is 1.92. The number of benzene rings is 1. The van der Waals surface area contributed by atoms with Crippen molar-refractivity contribution in [2.45, 2.75) is 12.5 Å². The van der Waals surface area contributed by atoms with Crippen molar-refractivity contribution in [2.24, 2.45) is 0 Å². The summed E-state index contributed by atoms with van der Waals surface area (Å²) in [5.41, 5.74) is -0.511. The first-order valence-electron chi connectivity index (χ1n) is 4.25. The van der Waals surface area contributed by atoms with Gasteiger partial charge in [-0.05, 0) is 12.1 Å². The van der Waals surface area contributed by atoms with Gasteiger partial charge in [0.05, 0.1) is 25.2 Å². The van der Waals surface area contributed by atoms with Crippen molar-refractivity contribution in [3.05, 3.63) is 35.4 Å². The Balaban J connectivity index is 2.90. The van der Waals surface area contributed by atoms with Crippen LogP contribution in [-0.4, -0.2) is 18.2 Å². The van der Waals surface area contributed by atoms with Crippen molar-refractivity contribution in [1.82, 2.24) is 0 Å². The van der Waals surface area contributed by atoms with Gasteiger partial charge in [-0.1, -0.05) is 6.07 Å². The van der Waals surface area contributed by atoms with Crippen LogP contribution < -0.4 is 0 Å². The first-order valence-corrected chi connectivity index (χ1v) is 4.25. The van der Waals surface area contributed by atoms with Gasteiger partial charge in [-0.25, -0.2) is 8.78 Å². The largest absolute Gasteiger partial charge is 0.469 e. The molecule has 1 rings (SSSR count). The Hall–Kier alpha value is -1.49. The molecule has 15 heavy (non-hydrogen) atoms. The van der Waals surface area contributed by atoms with Crippen LogP contribution in [0.1, 0.15) is 18.1 Å². The second-order valence-corrected chi connectivity index (χ2v) is 2.93. The Morgan fingerprint density at radius 1 is 1.47 bits per heavy atom. The van der Waals surface area contributed by atoms with Crippen LogP contribution in [0.4, 0.5) is 8.78 Å². The van der Waals surface area contributed by atoms with E-state index in [1.807, 2.05) is 0 Å². The van der Waals surface area contributed by atoms with Gasteiger partial charge in [0.1, 0.15) is 11.6 Å². The average Bonchev–Trinajstić information content (AvgIpc) is 2.17. The fourth-order valence-corrected chi connectivity index (χ4v) is 1.17. The number of ether oxygens (including phenoxy) is 1. The minimum absolute atomic E-state index is 0.478. The zero-order valence-corrected chi connectivity index (χ0v) is 8.04. The van der Waals surface area contributed by atoms with Crippen LogP contribution in [0, 0.1) is 11.6 Å². The highest BCUT2D eigenvalue weighted by Gasteiger charge is 2.20. The number of methoxy groups -OCH3 is 1. The van der Waals surface area contributed by atoms with E-state index < -0.39 is 35.7 Å². The number of carbonyl (C=O) groups excluding carboxylic acids is 1. The lowest BCUT2D eigenvalue weighted by atomic mass is 10.1. The fraction of sp³-hybridized carbons (Fsp3) is 0.300. The van der Waals surface area contributed by atoms with Crippen molar-refractivity contribution in [3.63, 3.8) is 0 Å². The lowest BCUT2D eigenvalue weighted by Crippen LogP contribution is -2.11. The molecule has 1 aromatic carbocycles. The predicted molar refractivity (Wildman–Crippen MR) is 48.0 cm³/mol. The maximum absolute atomic E-state index is 13.1. The van der Waals surface area contributed by atoms with Crippen LogP contribution >= 0.6 is 0 Å². The van der Waals surface area contributed by atoms with Crippen molar-refractivity contribution >= 4 is 5.97 Å². The van der Waals surface area contributed by atoms with E-state index in [4.69, 9.17) is 0 Å². The van der Waals surface area contributed by atoms with Gasteiger partial charge in [0, 0.05) is 0 Å². The van der Waals surface area contributed by atoms with E-state index in [0.717, 1.165) is 19.2 Å². The van der Waals surface area contributed by atoms with E-state index >= 15 is 0 Å². The Bertz CT molecular complexity index is 345. The molecule has 0 unspecified atom stereocenters. The zero-order valence-electron chi connectivity index (χ0n) is 8.04. The summed E-state index contributed by atoms with van der Waals surface area (Å²) in [6.07, 6.45) is -2.01. The highest BCUT2D eigenvalue weighted by molar-refractivity contribution is 5.70. The number of aliphatic hydroxyl groups is 1. The van der Waals surface area contributed by atoms with Crippen LogP contribution in [0.15, 0.2) is 18.2 Å². The quantitative estimate of drug-likeness (QED) is 0.780. The van der Waals surface area contributed by atoms with Crippen molar-refractivity contribution in [1.29, 1.82) is 0 Å². The summed E-state index contributed by atoms with van der Waals surface area (Å²) in [6, 6.07) is 3.21. The molecule has 0 aliphatic carbocycles. The van der Waals surface area contributed by atoms with Gasteiger partial charge < -0.3 is 9.84 Å². The zero-order chi connectivity index (χ0) is 11.4. The van der Waals surface area contributed by atoms with E-state index in [9.17, 15) is 18.7 Å². The predicted octanol–water partition coefficient (Wildman–Crippen LogP) is 1.56. The summed E-state index contributed by atoms with van der Waals surface area (Å²) in [5.74, 6) is -2.50. The average molecular weight is 216 g/mol. The molecule has 0 heterocycles. The summed E-state index contributed by atoms with van der Waals surface area (Å²) in [6.45, 7) is 0. The monoisotopic (exact) mass is 216 g/mol. The van der Waals surface area contributed by atoms with Gasteiger partial charge in [-0.3, -0.25) is 4.79 Å². The molecule has 0 saturated carbocycles. The molecule has 1 aromatic rings. The minimum atomic E-state index is -1.53. The Kier molecular flexibility index (Phi) is 3.74. The van der Waals surface area contributed by atoms with Gasteiger partial charge in [-0.2, -0.15) is 0 Å². The third kappa shape index (κ3) is 2.73. The second kappa shape index (κ2) is 4.84. The Labute approximate surface area is 85.3 Å². The molecule has 5 heteroatoms. The highest BCUT2D eigenvalue weighted by Crippen LogP contribution is 2.23. The number of hydrogen-bond acceptors (Lipinski definition) is 3. The lowest BCUT2D eigenvalue weighted by Gasteiger charge is -2.11. The van der Waals surface area contributed by atoms with E-state index in [0.29, 0.717) is 0 Å². The molecule has 82 valence electrons. The normalized spacial score (nSPS) is 12.3. The number of hydrogen-bond donors (Lipinski definition) is 1. The SMILES string of the molecule is COC(=O)C[C@@H](O)c1c(F)cccc1F. The van der Waals surface area contributed by atoms with Gasteiger partial charge in [0.25, 0.3) is 0 Å². The topological polar surface area (TPSA) is 46.5 Å². The molecular weight excluding hydrogens is 206 g/mol. The number of halogens is 2. The smallest absolute Gasteiger partial charge is 0.308 e. The number of rotatable bonds is 3. The standard InChI is InChI=1S/C10H10F2O3/c1-15-9(14)5-8(13)10-6(11)3-2-4-7(10)12/h2-4,8,13H,5H2,1H3/t8-/m1/s1. The van der Waals surface area contributed by atoms with Crippen LogP contribution in [0.5, 0.6) is 0 Å². The fourth-order valence-electron chi connectivity index (χ4n) is 1.17. The van der Waals surface area contributed by atoms with Gasteiger partial charge in [-0.15, -0.1) is 0 Å². The molecule has 0 aliphatic heterocycles. The molecule has 0 amide bonds. The molecule has 0 bridgehead atoms. The molecule has 1 atom stereocenters. The first kappa shape index (κ1) is 11.6. The van der Waals surface area contributed by atoms with E-state index in [2.05, 4.69) is 4.74 Å². The molecule has 0 aromatic heterocycles. The lowest BCUT2D eigenvalue weighted by molar-refractivity contribution is -0.142. The maximum atomic E-state index is 13.1. The van der Waals surface area contributed by atoms with Crippen LogP contribution in [0.25, 0.3) is 0 Å². The molecule has 1 N–H and O–H groups in total. The summed E-state index contributed by atoms with van der Waals surface area (Å²) < 4.78 is 30.5. The van der Waals surface area contributed by atoms with Gasteiger partial charge >= 0.3 is 5.97 Å². The molecule has 0 saturated heterocycles. The molecule has 0 aliphatic rings. The van der Waals surface area contributed by atoms with E-state index in [1.165, 1.54) is 6.07 Å². The number of aliphatic hydroxyl groups excluding tert-OH is 1. The maximum Gasteiger partial charge on any atom is 0.308 e. The van der Waals surface area contributed by atoms with Crippen molar-refractivity contribution in [2.75, 3.05) is 7.11 Å². The summed E-state index contributed by atoms with van der Waals surface area (Å²) in [5, 5.41) is 9.40. The molecular formula is C10H10F2O3. The highest BCUT2D eigenvalue weighted by atomic mass is 19.1. The van der Waals surface area contributed by atoms with E-state index in [1.54, 1.807) is 0 Å². The molecule has 3 nitrogen and oxygen atoms in total. The summed E-state index contributed by atoms with van der Waals surface area (Å²) in [7, 11) is 1.13. The first-order chi connectivity index (χ1) is 7.06. The second-order valence-electron chi connectivity index (χ2n) is 2.93. The molecule has 0 spiro atoms. The van der Waals surface area contributed by atoms with E-state index in [-0.39, 0.29) is 0 Å². The Morgan fingerprint density at radius 2 is 2.00 bits per heavy atom. The van der Waals surface area contributed by atoms with Gasteiger partial charge in [0.2, 0.25) is 0 Å². The third-order valence-electron chi connectivity index (χ3n) is 1.92. The summed E-state index contributed by atoms with van der Waals surface area (Å²) in [4.78, 5) is 10.8. The molecule has 0 radical (unpaired) electrons. The molecule has 0 fully saturated rings. The van der Waals surface area contributed by atoms with Crippen LogP contribution in [0.2, 0.25) is 0 Å². The number of carbonyl (C=O) groups is 1. The van der Waals surface area contributed by atoms with Crippen molar-refractivity contribution in [3.8, 4) is 0 Å². The number of esters is 1. The van der Waals surface area contributed by atoms with Gasteiger partial charge in [0.15, 0.2) is 0 Å². The Morgan fingerprint density at radius 3 is 2.47 bits per heavy atom. The summed E-state index contributed by atoms with van der Waals surface area (Å²) >= 11 is 0.